The highest BCUT2D eigenvalue weighted by atomic mass is 19.3. The highest BCUT2D eigenvalue weighted by molar-refractivity contribution is 5.80. The molecule has 2 nitrogen and oxygen atoms in total. The topological polar surface area (TPSA) is 29.1 Å². The molecule has 76 valence electrons. The first-order valence-corrected chi connectivity index (χ1v) is 4.54. The fourth-order valence-electron chi connectivity index (χ4n) is 1.59. The van der Waals surface area contributed by atoms with Crippen LogP contribution in [0.5, 0.6) is 0 Å². The minimum atomic E-state index is -3.03. The summed E-state index contributed by atoms with van der Waals surface area (Å²) in [5, 5.41) is 1.76. The quantitative estimate of drug-likeness (QED) is 0.631. The Balaban J connectivity index is 2.73. The molecule has 0 saturated carbocycles. The lowest BCUT2D eigenvalue weighted by Crippen LogP contribution is -2.54. The van der Waals surface area contributed by atoms with Crippen LogP contribution >= 0.6 is 0 Å². The molecule has 1 saturated heterocycles. The van der Waals surface area contributed by atoms with E-state index in [2.05, 4.69) is 0 Å². The van der Waals surface area contributed by atoms with Crippen molar-refractivity contribution >= 4 is 5.91 Å². The van der Waals surface area contributed by atoms with E-state index in [0.29, 0.717) is 0 Å². The minimum Gasteiger partial charge on any atom is -0.297 e. The van der Waals surface area contributed by atoms with Gasteiger partial charge in [0.1, 0.15) is 0 Å². The number of amides is 1. The van der Waals surface area contributed by atoms with E-state index in [1.165, 1.54) is 6.92 Å². The van der Waals surface area contributed by atoms with Crippen LogP contribution in [0.4, 0.5) is 8.78 Å². The van der Waals surface area contributed by atoms with Gasteiger partial charge in [-0.15, -0.1) is 0 Å². The number of rotatable bonds is 1. The Kier molecular flexibility index (Phi) is 2.59. The Hall–Kier alpha value is -0.670. The van der Waals surface area contributed by atoms with E-state index >= 15 is 0 Å². The van der Waals surface area contributed by atoms with Gasteiger partial charge in [0.25, 0.3) is 0 Å². The van der Waals surface area contributed by atoms with Gasteiger partial charge in [0.2, 0.25) is 5.91 Å². The average molecular weight is 191 g/mol. The SMILES string of the molecule is CC(C)C1CC(C)C(F)(F)NC1=O. The third kappa shape index (κ3) is 1.98. The Morgan fingerprint density at radius 1 is 1.54 bits per heavy atom. The van der Waals surface area contributed by atoms with Gasteiger partial charge in [-0.25, -0.2) is 0 Å². The number of alkyl halides is 2. The molecular formula is C9H15F2NO. The summed E-state index contributed by atoms with van der Waals surface area (Å²) < 4.78 is 25.9. The summed E-state index contributed by atoms with van der Waals surface area (Å²) in [5.41, 5.74) is 0. The van der Waals surface area contributed by atoms with Crippen LogP contribution in [0.15, 0.2) is 0 Å². The molecule has 0 spiro atoms. The van der Waals surface area contributed by atoms with Crippen molar-refractivity contribution in [1.29, 1.82) is 0 Å². The van der Waals surface area contributed by atoms with Crippen molar-refractivity contribution in [1.82, 2.24) is 5.32 Å². The molecule has 1 fully saturated rings. The Bertz CT molecular complexity index is 216. The fraction of sp³-hybridized carbons (Fsp3) is 0.889. The maximum absolute atomic E-state index is 13.0. The molecule has 2 atom stereocenters. The molecule has 1 rings (SSSR count). The molecule has 1 heterocycles. The summed E-state index contributed by atoms with van der Waals surface area (Å²) in [5.74, 6) is -1.43. The number of piperidine rings is 1. The lowest BCUT2D eigenvalue weighted by molar-refractivity contribution is -0.158. The molecular weight excluding hydrogens is 176 g/mol. The average Bonchev–Trinajstić information content (AvgIpc) is 1.95. The van der Waals surface area contributed by atoms with Gasteiger partial charge < -0.3 is 0 Å². The number of nitrogens with one attached hydrogen (secondary N) is 1. The molecule has 1 aliphatic heterocycles. The number of carbonyl (C=O) groups is 1. The molecule has 0 bridgehead atoms. The van der Waals surface area contributed by atoms with Crippen LogP contribution in [-0.2, 0) is 4.79 Å². The van der Waals surface area contributed by atoms with Crippen LogP contribution in [0.25, 0.3) is 0 Å². The minimum absolute atomic E-state index is 0.124. The lowest BCUT2D eigenvalue weighted by atomic mass is 9.82. The van der Waals surface area contributed by atoms with Gasteiger partial charge in [0.15, 0.2) is 0 Å². The summed E-state index contributed by atoms with van der Waals surface area (Å²) in [6.07, 6.45) is 0.274. The van der Waals surface area contributed by atoms with Crippen LogP contribution in [0.1, 0.15) is 27.2 Å². The van der Waals surface area contributed by atoms with Crippen molar-refractivity contribution < 1.29 is 13.6 Å². The predicted molar refractivity (Wildman–Crippen MR) is 45.2 cm³/mol. The lowest BCUT2D eigenvalue weighted by Gasteiger charge is -2.35. The molecule has 0 aromatic rings. The zero-order chi connectivity index (χ0) is 10.2. The second-order valence-corrected chi connectivity index (χ2v) is 4.10. The molecule has 1 N–H and O–H groups in total. The normalized spacial score (nSPS) is 33.2. The van der Waals surface area contributed by atoms with Gasteiger partial charge in [-0.1, -0.05) is 20.8 Å². The van der Waals surface area contributed by atoms with Gasteiger partial charge in [0, 0.05) is 11.8 Å². The smallest absolute Gasteiger partial charge is 0.297 e. The standard InChI is InChI=1S/C9H15F2NO/c1-5(2)7-4-6(3)9(10,11)12-8(7)13/h5-7H,4H2,1-3H3,(H,12,13). The molecule has 2 unspecified atom stereocenters. The van der Waals surface area contributed by atoms with E-state index in [1.54, 1.807) is 5.32 Å². The van der Waals surface area contributed by atoms with Crippen LogP contribution < -0.4 is 5.32 Å². The van der Waals surface area contributed by atoms with E-state index in [-0.39, 0.29) is 18.3 Å². The maximum atomic E-state index is 13.0. The van der Waals surface area contributed by atoms with E-state index in [1.807, 2.05) is 13.8 Å². The molecule has 13 heavy (non-hydrogen) atoms. The van der Waals surface area contributed by atoms with Gasteiger partial charge >= 0.3 is 6.05 Å². The highest BCUT2D eigenvalue weighted by Gasteiger charge is 2.46. The van der Waals surface area contributed by atoms with Crippen molar-refractivity contribution in [2.45, 2.75) is 33.2 Å². The zero-order valence-corrected chi connectivity index (χ0v) is 8.10. The second kappa shape index (κ2) is 3.24. The van der Waals surface area contributed by atoms with Crippen LogP contribution in [-0.4, -0.2) is 12.0 Å². The third-order valence-corrected chi connectivity index (χ3v) is 2.66. The Labute approximate surface area is 76.7 Å². The van der Waals surface area contributed by atoms with Gasteiger partial charge in [-0.2, -0.15) is 8.78 Å². The summed E-state index contributed by atoms with van der Waals surface area (Å²) in [7, 11) is 0. The highest BCUT2D eigenvalue weighted by Crippen LogP contribution is 2.34. The van der Waals surface area contributed by atoms with Crippen molar-refractivity contribution in [3.8, 4) is 0 Å². The van der Waals surface area contributed by atoms with Crippen molar-refractivity contribution in [3.63, 3.8) is 0 Å². The summed E-state index contributed by atoms with van der Waals surface area (Å²) in [6, 6.07) is -3.03. The molecule has 0 aromatic carbocycles. The summed E-state index contributed by atoms with van der Waals surface area (Å²) in [4.78, 5) is 11.2. The molecule has 1 aliphatic rings. The van der Waals surface area contributed by atoms with Crippen molar-refractivity contribution in [2.75, 3.05) is 0 Å². The number of hydrogen-bond donors (Lipinski definition) is 1. The first-order chi connectivity index (χ1) is 5.84. The Morgan fingerprint density at radius 3 is 2.54 bits per heavy atom. The van der Waals surface area contributed by atoms with Gasteiger partial charge in [0.05, 0.1) is 0 Å². The van der Waals surface area contributed by atoms with Gasteiger partial charge in [-0.3, -0.25) is 10.1 Å². The number of carbonyl (C=O) groups excluding carboxylic acids is 1. The van der Waals surface area contributed by atoms with Crippen LogP contribution in [0.3, 0.4) is 0 Å². The van der Waals surface area contributed by atoms with Crippen LogP contribution in [0.2, 0.25) is 0 Å². The first kappa shape index (κ1) is 10.4. The van der Waals surface area contributed by atoms with E-state index in [0.717, 1.165) is 0 Å². The monoisotopic (exact) mass is 191 g/mol. The number of hydrogen-bond acceptors (Lipinski definition) is 1. The second-order valence-electron chi connectivity index (χ2n) is 4.10. The van der Waals surface area contributed by atoms with Crippen LogP contribution in [0, 0.1) is 17.8 Å². The van der Waals surface area contributed by atoms with Gasteiger partial charge in [-0.05, 0) is 12.3 Å². The molecule has 0 aliphatic carbocycles. The van der Waals surface area contributed by atoms with Crippen molar-refractivity contribution in [2.24, 2.45) is 17.8 Å². The summed E-state index contributed by atoms with van der Waals surface area (Å²) in [6.45, 7) is 5.22. The maximum Gasteiger partial charge on any atom is 0.327 e. The van der Waals surface area contributed by atoms with E-state index < -0.39 is 17.9 Å². The first-order valence-electron chi connectivity index (χ1n) is 4.54. The van der Waals surface area contributed by atoms with Crippen molar-refractivity contribution in [3.05, 3.63) is 0 Å². The molecule has 4 heteroatoms. The fourth-order valence-corrected chi connectivity index (χ4v) is 1.59. The molecule has 1 amide bonds. The summed E-state index contributed by atoms with van der Waals surface area (Å²) >= 11 is 0. The molecule has 0 aromatic heterocycles. The van der Waals surface area contributed by atoms with E-state index in [4.69, 9.17) is 0 Å². The van der Waals surface area contributed by atoms with E-state index in [9.17, 15) is 13.6 Å². The number of halogens is 2. The largest absolute Gasteiger partial charge is 0.327 e. The zero-order valence-electron chi connectivity index (χ0n) is 8.10. The predicted octanol–water partition coefficient (Wildman–Crippen LogP) is 2.01. The Morgan fingerprint density at radius 2 is 2.08 bits per heavy atom. The third-order valence-electron chi connectivity index (χ3n) is 2.66. The molecule has 0 radical (unpaired) electrons.